The van der Waals surface area contributed by atoms with Crippen molar-refractivity contribution in [2.24, 2.45) is 10.7 Å². The quantitative estimate of drug-likeness (QED) is 0.181. The minimum absolute atomic E-state index is 0. The van der Waals surface area contributed by atoms with Crippen molar-refractivity contribution in [3.05, 3.63) is 34.4 Å². The maximum atomic E-state index is 10.8. The third kappa shape index (κ3) is 6.15. The van der Waals surface area contributed by atoms with E-state index >= 15 is 0 Å². The van der Waals surface area contributed by atoms with Gasteiger partial charge in [0.15, 0.2) is 5.96 Å². The summed E-state index contributed by atoms with van der Waals surface area (Å²) in [5.41, 5.74) is 6.39. The summed E-state index contributed by atoms with van der Waals surface area (Å²) >= 11 is 0. The second-order valence-electron chi connectivity index (χ2n) is 4.11. The van der Waals surface area contributed by atoms with Crippen LogP contribution in [-0.2, 0) is 0 Å². The number of rotatable bonds is 7. The van der Waals surface area contributed by atoms with Gasteiger partial charge in [-0.2, -0.15) is 0 Å². The number of halogens is 1. The van der Waals surface area contributed by atoms with Crippen LogP contribution in [0.1, 0.15) is 13.8 Å². The van der Waals surface area contributed by atoms with Crippen LogP contribution in [0.4, 0.5) is 11.4 Å². The lowest BCUT2D eigenvalue weighted by Gasteiger charge is -2.19. The minimum atomic E-state index is -0.407. The summed E-state index contributed by atoms with van der Waals surface area (Å²) in [6.07, 6.45) is 0. The smallest absolute Gasteiger partial charge is 0.292 e. The first-order valence-electron chi connectivity index (χ1n) is 6.62. The number of guanidine groups is 1. The molecule has 0 unspecified atom stereocenters. The summed E-state index contributed by atoms with van der Waals surface area (Å²) in [7, 11) is 0. The first-order valence-corrected chi connectivity index (χ1v) is 6.62. The molecule has 0 radical (unpaired) electrons. The lowest BCUT2D eigenvalue weighted by molar-refractivity contribution is -0.384. The summed E-state index contributed by atoms with van der Waals surface area (Å²) in [5.74, 6) is 0.499. The van der Waals surface area contributed by atoms with Crippen LogP contribution in [0, 0.1) is 10.1 Å². The van der Waals surface area contributed by atoms with Gasteiger partial charge < -0.3 is 16.0 Å². The van der Waals surface area contributed by atoms with E-state index in [1.54, 1.807) is 18.2 Å². The predicted octanol–water partition coefficient (Wildman–Crippen LogP) is 2.28. The largest absolute Gasteiger partial charge is 0.378 e. The Morgan fingerprint density at radius 2 is 2.00 bits per heavy atom. The van der Waals surface area contributed by atoms with Gasteiger partial charge in [-0.15, -0.1) is 24.0 Å². The molecular formula is C13H22IN5O2. The topological polar surface area (TPSA) is 96.8 Å². The molecule has 21 heavy (non-hydrogen) atoms. The highest BCUT2D eigenvalue weighted by molar-refractivity contribution is 14.0. The fraction of sp³-hybridized carbons (Fsp3) is 0.462. The Hall–Kier alpha value is -1.58. The zero-order valence-corrected chi connectivity index (χ0v) is 14.6. The lowest BCUT2D eigenvalue weighted by atomic mass is 10.2. The lowest BCUT2D eigenvalue weighted by Crippen LogP contribution is -2.37. The van der Waals surface area contributed by atoms with E-state index in [9.17, 15) is 10.1 Å². The third-order valence-electron chi connectivity index (χ3n) is 2.89. The highest BCUT2D eigenvalue weighted by atomic mass is 127. The predicted molar refractivity (Wildman–Crippen MR) is 96.4 cm³/mol. The molecule has 118 valence electrons. The van der Waals surface area contributed by atoms with Gasteiger partial charge in [0.2, 0.25) is 0 Å². The molecule has 7 nitrogen and oxygen atoms in total. The van der Waals surface area contributed by atoms with E-state index in [0.717, 1.165) is 13.1 Å². The normalized spacial score (nSPS) is 10.7. The number of nitro groups is 1. The first kappa shape index (κ1) is 19.4. The molecule has 0 aromatic heterocycles. The summed E-state index contributed by atoms with van der Waals surface area (Å²) < 4.78 is 0. The number of nitrogens with one attached hydrogen (secondary N) is 1. The van der Waals surface area contributed by atoms with Crippen molar-refractivity contribution in [1.82, 2.24) is 4.90 Å². The maximum absolute atomic E-state index is 10.8. The molecular weight excluding hydrogens is 385 g/mol. The van der Waals surface area contributed by atoms with Gasteiger partial charge in [0, 0.05) is 25.7 Å². The van der Waals surface area contributed by atoms with Crippen LogP contribution in [0.15, 0.2) is 29.3 Å². The van der Waals surface area contributed by atoms with Crippen LogP contribution >= 0.6 is 24.0 Å². The van der Waals surface area contributed by atoms with Crippen LogP contribution in [0.3, 0.4) is 0 Å². The SMILES string of the molecule is CCN(CC)C(N)=NCCNc1ccccc1[N+](=O)[O-].I. The Labute approximate surface area is 141 Å². The molecule has 0 bridgehead atoms. The number of para-hydroxylation sites is 2. The molecule has 3 N–H and O–H groups in total. The molecule has 0 aliphatic carbocycles. The molecule has 0 spiro atoms. The highest BCUT2D eigenvalue weighted by Gasteiger charge is 2.11. The molecule has 0 saturated carbocycles. The average molecular weight is 407 g/mol. The second kappa shape index (κ2) is 10.2. The molecule has 0 aliphatic heterocycles. The summed E-state index contributed by atoms with van der Waals surface area (Å²) in [6, 6.07) is 6.54. The monoisotopic (exact) mass is 407 g/mol. The number of nitrogens with two attached hydrogens (primary N) is 1. The number of hydrogen-bond acceptors (Lipinski definition) is 4. The van der Waals surface area contributed by atoms with Crippen molar-refractivity contribution >= 4 is 41.3 Å². The van der Waals surface area contributed by atoms with Crippen LogP contribution < -0.4 is 11.1 Å². The zero-order valence-electron chi connectivity index (χ0n) is 12.3. The number of nitrogens with zero attached hydrogens (tertiary/aromatic N) is 3. The van der Waals surface area contributed by atoms with Gasteiger partial charge in [-0.05, 0) is 19.9 Å². The Morgan fingerprint density at radius 3 is 2.57 bits per heavy atom. The van der Waals surface area contributed by atoms with E-state index in [2.05, 4.69) is 10.3 Å². The zero-order chi connectivity index (χ0) is 15.0. The van der Waals surface area contributed by atoms with E-state index in [1.165, 1.54) is 6.07 Å². The fourth-order valence-electron chi connectivity index (χ4n) is 1.79. The van der Waals surface area contributed by atoms with Crippen molar-refractivity contribution in [2.75, 3.05) is 31.5 Å². The molecule has 1 aromatic carbocycles. The van der Waals surface area contributed by atoms with Crippen molar-refractivity contribution in [1.29, 1.82) is 0 Å². The van der Waals surface area contributed by atoms with Gasteiger partial charge in [-0.1, -0.05) is 12.1 Å². The number of hydrogen-bond donors (Lipinski definition) is 2. The molecule has 0 aliphatic rings. The standard InChI is InChI=1S/C13H21N5O2.HI/c1-3-17(4-2)13(14)16-10-9-15-11-7-5-6-8-12(11)18(19)20;/h5-8,15H,3-4,9-10H2,1-2H3,(H2,14,16);1H. The van der Waals surface area contributed by atoms with Crippen molar-refractivity contribution in [3.63, 3.8) is 0 Å². The van der Waals surface area contributed by atoms with E-state index in [4.69, 9.17) is 5.73 Å². The van der Waals surface area contributed by atoms with Gasteiger partial charge in [-0.25, -0.2) is 0 Å². The van der Waals surface area contributed by atoms with Gasteiger partial charge in [-0.3, -0.25) is 15.1 Å². The van der Waals surface area contributed by atoms with Crippen LogP contribution in [0.2, 0.25) is 0 Å². The Bertz CT molecular complexity index is 477. The fourth-order valence-corrected chi connectivity index (χ4v) is 1.79. The summed E-state index contributed by atoms with van der Waals surface area (Å²) in [6.45, 7) is 6.60. The molecule has 0 fully saturated rings. The number of aliphatic imine (C=N–C) groups is 1. The van der Waals surface area contributed by atoms with E-state index in [1.807, 2.05) is 18.7 Å². The molecule has 0 saturated heterocycles. The number of nitro benzene ring substituents is 1. The van der Waals surface area contributed by atoms with E-state index < -0.39 is 4.92 Å². The Kier molecular flexibility index (Phi) is 9.42. The second-order valence-corrected chi connectivity index (χ2v) is 4.11. The summed E-state index contributed by atoms with van der Waals surface area (Å²) in [5, 5.41) is 13.8. The van der Waals surface area contributed by atoms with Crippen molar-refractivity contribution in [2.45, 2.75) is 13.8 Å². The highest BCUT2D eigenvalue weighted by Crippen LogP contribution is 2.22. The van der Waals surface area contributed by atoms with E-state index in [-0.39, 0.29) is 29.7 Å². The third-order valence-corrected chi connectivity index (χ3v) is 2.89. The van der Waals surface area contributed by atoms with Crippen molar-refractivity contribution < 1.29 is 4.92 Å². The maximum Gasteiger partial charge on any atom is 0.292 e. The van der Waals surface area contributed by atoms with Gasteiger partial charge in [0.1, 0.15) is 5.69 Å². The summed E-state index contributed by atoms with van der Waals surface area (Å²) in [4.78, 5) is 16.6. The minimum Gasteiger partial charge on any atom is -0.378 e. The first-order chi connectivity index (χ1) is 9.60. The number of anilines is 1. The van der Waals surface area contributed by atoms with Gasteiger partial charge in [0.05, 0.1) is 11.5 Å². The molecule has 0 amide bonds. The van der Waals surface area contributed by atoms with Gasteiger partial charge in [0.25, 0.3) is 5.69 Å². The molecule has 0 atom stereocenters. The molecule has 1 rings (SSSR count). The van der Waals surface area contributed by atoms with Crippen LogP contribution in [0.5, 0.6) is 0 Å². The van der Waals surface area contributed by atoms with Crippen LogP contribution in [0.25, 0.3) is 0 Å². The van der Waals surface area contributed by atoms with E-state index in [0.29, 0.717) is 24.7 Å². The van der Waals surface area contributed by atoms with Gasteiger partial charge >= 0.3 is 0 Å². The van der Waals surface area contributed by atoms with Crippen LogP contribution in [-0.4, -0.2) is 42.0 Å². The molecule has 0 heterocycles. The Morgan fingerprint density at radius 1 is 1.38 bits per heavy atom. The number of benzene rings is 1. The Balaban J connectivity index is 0.00000400. The molecule has 8 heteroatoms. The molecule has 1 aromatic rings. The van der Waals surface area contributed by atoms with Crippen molar-refractivity contribution in [3.8, 4) is 0 Å². The average Bonchev–Trinajstić information content (AvgIpc) is 2.45.